The molecule has 0 aliphatic carbocycles. The highest BCUT2D eigenvalue weighted by Gasteiger charge is 2.09. The maximum absolute atomic E-state index is 5.90. The second-order valence-electron chi connectivity index (χ2n) is 6.20. The van der Waals surface area contributed by atoms with Gasteiger partial charge < -0.3 is 9.30 Å². The molecule has 0 fully saturated rings. The van der Waals surface area contributed by atoms with Crippen LogP contribution in [0.3, 0.4) is 0 Å². The Kier molecular flexibility index (Phi) is 4.37. The molecule has 0 unspecified atom stereocenters. The smallest absolute Gasteiger partial charge is 0.122 e. The van der Waals surface area contributed by atoms with Gasteiger partial charge in [0.25, 0.3) is 0 Å². The number of benzene rings is 2. The largest absolute Gasteiger partial charge is 0.493 e. The van der Waals surface area contributed by atoms with E-state index in [0.29, 0.717) is 0 Å². The second-order valence-corrected chi connectivity index (χ2v) is 6.20. The monoisotopic (exact) mass is 308 g/mol. The average molecular weight is 308 g/mol. The summed E-state index contributed by atoms with van der Waals surface area (Å²) in [5.74, 6) is 2.05. The second kappa shape index (κ2) is 6.45. The topological polar surface area (TPSA) is 27.1 Å². The van der Waals surface area contributed by atoms with Crippen molar-refractivity contribution in [3.63, 3.8) is 0 Å². The number of ether oxygens (including phenoxy) is 1. The van der Waals surface area contributed by atoms with E-state index in [2.05, 4.69) is 55.4 Å². The van der Waals surface area contributed by atoms with Crippen molar-refractivity contribution in [3.8, 4) is 5.75 Å². The van der Waals surface area contributed by atoms with E-state index in [-0.39, 0.29) is 0 Å². The third kappa shape index (κ3) is 3.24. The fourth-order valence-electron chi connectivity index (χ4n) is 2.91. The Hall–Kier alpha value is -2.29. The zero-order chi connectivity index (χ0) is 16.4. The minimum Gasteiger partial charge on any atom is -0.493 e. The van der Waals surface area contributed by atoms with Crippen LogP contribution in [0.1, 0.15) is 28.9 Å². The Morgan fingerprint density at radius 2 is 1.70 bits per heavy atom. The molecule has 3 rings (SSSR count). The van der Waals surface area contributed by atoms with E-state index in [1.165, 1.54) is 22.2 Å². The van der Waals surface area contributed by atoms with Gasteiger partial charge in [0.2, 0.25) is 0 Å². The molecule has 0 N–H and O–H groups in total. The average Bonchev–Trinajstić information content (AvgIpc) is 2.81. The molecule has 0 saturated heterocycles. The number of para-hydroxylation sites is 1. The van der Waals surface area contributed by atoms with Crippen molar-refractivity contribution in [2.45, 2.75) is 40.7 Å². The molecule has 0 atom stereocenters. The molecule has 2 aromatic carbocycles. The lowest BCUT2D eigenvalue weighted by Gasteiger charge is -2.11. The summed E-state index contributed by atoms with van der Waals surface area (Å²) in [5, 5.41) is 0. The van der Waals surface area contributed by atoms with Gasteiger partial charge in [-0.1, -0.05) is 18.2 Å². The molecule has 0 amide bonds. The van der Waals surface area contributed by atoms with Crippen LogP contribution < -0.4 is 4.74 Å². The summed E-state index contributed by atoms with van der Waals surface area (Å²) >= 11 is 0. The highest BCUT2D eigenvalue weighted by atomic mass is 16.5. The van der Waals surface area contributed by atoms with Crippen LogP contribution >= 0.6 is 0 Å². The number of aryl methyl sites for hydroxylation is 5. The molecular weight excluding hydrogens is 284 g/mol. The Morgan fingerprint density at radius 1 is 0.957 bits per heavy atom. The summed E-state index contributed by atoms with van der Waals surface area (Å²) in [4.78, 5) is 4.69. The maximum atomic E-state index is 5.90. The Balaban J connectivity index is 1.69. The van der Waals surface area contributed by atoms with Gasteiger partial charge in [-0.15, -0.1) is 0 Å². The van der Waals surface area contributed by atoms with Gasteiger partial charge in [0.1, 0.15) is 11.6 Å². The molecule has 0 bridgehead atoms. The van der Waals surface area contributed by atoms with Crippen molar-refractivity contribution < 1.29 is 4.74 Å². The number of hydrogen-bond acceptors (Lipinski definition) is 2. The van der Waals surface area contributed by atoms with Gasteiger partial charge in [-0.05, 0) is 69.0 Å². The Bertz CT molecular complexity index is 833. The van der Waals surface area contributed by atoms with Crippen molar-refractivity contribution in [1.29, 1.82) is 0 Å². The molecule has 0 aliphatic heterocycles. The molecule has 0 aliphatic rings. The fourth-order valence-corrected chi connectivity index (χ4v) is 2.91. The van der Waals surface area contributed by atoms with E-state index in [4.69, 9.17) is 4.74 Å². The summed E-state index contributed by atoms with van der Waals surface area (Å²) in [6, 6.07) is 12.6. The minimum absolute atomic E-state index is 0.717. The number of aromatic nitrogens is 2. The van der Waals surface area contributed by atoms with Crippen LogP contribution in [0.25, 0.3) is 11.0 Å². The lowest BCUT2D eigenvalue weighted by molar-refractivity contribution is 0.300. The Labute approximate surface area is 137 Å². The lowest BCUT2D eigenvalue weighted by Crippen LogP contribution is -2.06. The molecule has 3 nitrogen and oxygen atoms in total. The van der Waals surface area contributed by atoms with Gasteiger partial charge in [-0.3, -0.25) is 0 Å². The maximum Gasteiger partial charge on any atom is 0.122 e. The molecule has 120 valence electrons. The van der Waals surface area contributed by atoms with Gasteiger partial charge in [0.05, 0.1) is 17.6 Å². The first-order chi connectivity index (χ1) is 11.1. The summed E-state index contributed by atoms with van der Waals surface area (Å²) < 4.78 is 8.19. The fraction of sp³-hybridized carbons (Fsp3) is 0.350. The van der Waals surface area contributed by atoms with E-state index in [0.717, 1.165) is 36.7 Å². The summed E-state index contributed by atoms with van der Waals surface area (Å²) in [6.45, 7) is 10.1. The van der Waals surface area contributed by atoms with Crippen molar-refractivity contribution in [1.82, 2.24) is 9.55 Å². The zero-order valence-electron chi connectivity index (χ0n) is 14.4. The van der Waals surface area contributed by atoms with Crippen LogP contribution in [0.15, 0.2) is 36.4 Å². The highest BCUT2D eigenvalue weighted by Crippen LogP contribution is 2.21. The van der Waals surface area contributed by atoms with Crippen molar-refractivity contribution in [2.24, 2.45) is 0 Å². The number of rotatable bonds is 5. The first kappa shape index (κ1) is 15.6. The zero-order valence-corrected chi connectivity index (χ0v) is 14.4. The lowest BCUT2D eigenvalue weighted by atomic mass is 10.1. The predicted octanol–water partition coefficient (Wildman–Crippen LogP) is 4.74. The molecule has 0 spiro atoms. The van der Waals surface area contributed by atoms with Gasteiger partial charge in [-0.2, -0.15) is 0 Å². The normalized spacial score (nSPS) is 11.1. The molecular formula is C20H24N2O. The standard InChI is InChI=1S/C20H24N2O/c1-14-8-5-6-9-20(14)23-11-7-10-22-17(4)21-18-12-15(2)16(3)13-19(18)22/h5-6,8-9,12-13H,7,10-11H2,1-4H3. The third-order valence-electron chi connectivity index (χ3n) is 4.43. The van der Waals surface area contributed by atoms with Gasteiger partial charge in [-0.25, -0.2) is 4.98 Å². The quantitative estimate of drug-likeness (QED) is 0.637. The van der Waals surface area contributed by atoms with Crippen molar-refractivity contribution in [2.75, 3.05) is 6.61 Å². The predicted molar refractivity (Wildman–Crippen MR) is 95.2 cm³/mol. The van der Waals surface area contributed by atoms with Crippen molar-refractivity contribution in [3.05, 3.63) is 58.9 Å². The summed E-state index contributed by atoms with van der Waals surface area (Å²) in [7, 11) is 0. The summed E-state index contributed by atoms with van der Waals surface area (Å²) in [5.41, 5.74) is 6.11. The molecule has 0 saturated carbocycles. The van der Waals surface area contributed by atoms with E-state index in [1.54, 1.807) is 0 Å². The van der Waals surface area contributed by atoms with Crippen LogP contribution in [-0.2, 0) is 6.54 Å². The molecule has 1 aromatic heterocycles. The van der Waals surface area contributed by atoms with Gasteiger partial charge in [0.15, 0.2) is 0 Å². The van der Waals surface area contributed by atoms with E-state index in [1.807, 2.05) is 18.2 Å². The number of imidazole rings is 1. The van der Waals surface area contributed by atoms with Crippen LogP contribution in [0.2, 0.25) is 0 Å². The van der Waals surface area contributed by atoms with Crippen molar-refractivity contribution >= 4 is 11.0 Å². The number of hydrogen-bond donors (Lipinski definition) is 0. The SMILES string of the molecule is Cc1cc2nc(C)n(CCCOc3ccccc3C)c2cc1C. The van der Waals surface area contributed by atoms with E-state index in [9.17, 15) is 0 Å². The van der Waals surface area contributed by atoms with Crippen LogP contribution in [0.5, 0.6) is 5.75 Å². The Morgan fingerprint density at radius 3 is 2.48 bits per heavy atom. The molecule has 1 heterocycles. The summed E-state index contributed by atoms with van der Waals surface area (Å²) in [6.07, 6.45) is 0.966. The first-order valence-electron chi connectivity index (χ1n) is 8.19. The van der Waals surface area contributed by atoms with Gasteiger partial charge >= 0.3 is 0 Å². The molecule has 3 heteroatoms. The molecule has 23 heavy (non-hydrogen) atoms. The number of fused-ring (bicyclic) bond motifs is 1. The van der Waals surface area contributed by atoms with Crippen LogP contribution in [0.4, 0.5) is 0 Å². The minimum atomic E-state index is 0.717. The van der Waals surface area contributed by atoms with E-state index >= 15 is 0 Å². The van der Waals surface area contributed by atoms with E-state index < -0.39 is 0 Å². The molecule has 0 radical (unpaired) electrons. The third-order valence-corrected chi connectivity index (χ3v) is 4.43. The van der Waals surface area contributed by atoms with Gasteiger partial charge in [0, 0.05) is 6.54 Å². The molecule has 3 aromatic rings. The van der Waals surface area contributed by atoms with Crippen LogP contribution in [0, 0.1) is 27.7 Å². The van der Waals surface area contributed by atoms with Crippen LogP contribution in [-0.4, -0.2) is 16.2 Å². The first-order valence-corrected chi connectivity index (χ1v) is 8.19. The number of nitrogens with zero attached hydrogens (tertiary/aromatic N) is 2. The highest BCUT2D eigenvalue weighted by molar-refractivity contribution is 5.78.